The monoisotopic (exact) mass is 451 g/mol. The number of esters is 1. The quantitative estimate of drug-likeness (QED) is 0.324. The summed E-state index contributed by atoms with van der Waals surface area (Å²) in [6.07, 6.45) is 0. The highest BCUT2D eigenvalue weighted by Gasteiger charge is 2.16. The van der Waals surface area contributed by atoms with Gasteiger partial charge in [0.25, 0.3) is 0 Å². The summed E-state index contributed by atoms with van der Waals surface area (Å²) in [7, 11) is 0. The van der Waals surface area contributed by atoms with Crippen LogP contribution in [0, 0.1) is 0 Å². The molecule has 0 aliphatic carbocycles. The number of hydrogen-bond donors (Lipinski definition) is 0. The minimum absolute atomic E-state index is 0.175. The van der Waals surface area contributed by atoms with Crippen molar-refractivity contribution in [3.05, 3.63) is 99.5 Å². The highest BCUT2D eigenvalue weighted by Crippen LogP contribution is 2.28. The molecule has 1 heterocycles. The summed E-state index contributed by atoms with van der Waals surface area (Å²) in [6.45, 7) is 0.175. The molecule has 0 saturated carbocycles. The van der Waals surface area contributed by atoms with E-state index in [2.05, 4.69) is 15.9 Å². The average molecular weight is 453 g/mol. The van der Waals surface area contributed by atoms with Crippen LogP contribution in [0.3, 0.4) is 0 Å². The van der Waals surface area contributed by atoms with Gasteiger partial charge in [0.05, 0.1) is 16.8 Å². The van der Waals surface area contributed by atoms with E-state index >= 15 is 0 Å². The Kier molecular flexibility index (Phi) is 5.42. The molecule has 0 amide bonds. The van der Waals surface area contributed by atoms with Crippen molar-refractivity contribution in [2.24, 2.45) is 0 Å². The van der Waals surface area contributed by atoms with E-state index in [-0.39, 0.29) is 6.61 Å². The first-order valence-electron chi connectivity index (χ1n) is 8.67. The molecule has 1 aromatic heterocycles. The van der Waals surface area contributed by atoms with E-state index in [0.717, 1.165) is 32.2 Å². The van der Waals surface area contributed by atoms with E-state index in [0.29, 0.717) is 10.6 Å². The average Bonchev–Trinajstić information content (AvgIpc) is 2.73. The smallest absolute Gasteiger partial charge is 0.339 e. The molecule has 0 unspecified atom stereocenters. The molecular formula is C23H15BrClNO2. The van der Waals surface area contributed by atoms with Crippen molar-refractivity contribution in [2.45, 2.75) is 6.61 Å². The van der Waals surface area contributed by atoms with Gasteiger partial charge >= 0.3 is 5.97 Å². The lowest BCUT2D eigenvalue weighted by Gasteiger charge is -2.11. The van der Waals surface area contributed by atoms with Crippen LogP contribution >= 0.6 is 27.5 Å². The minimum Gasteiger partial charge on any atom is -0.457 e. The van der Waals surface area contributed by atoms with Gasteiger partial charge in [-0.1, -0.05) is 70.0 Å². The Labute approximate surface area is 176 Å². The van der Waals surface area contributed by atoms with Gasteiger partial charge in [-0.15, -0.1) is 0 Å². The number of rotatable bonds is 4. The second kappa shape index (κ2) is 8.13. The fourth-order valence-electron chi connectivity index (χ4n) is 2.93. The molecule has 4 aromatic rings. The van der Waals surface area contributed by atoms with E-state index in [1.54, 1.807) is 18.2 Å². The lowest BCUT2D eigenvalue weighted by atomic mass is 10.0. The first-order valence-corrected chi connectivity index (χ1v) is 9.84. The highest BCUT2D eigenvalue weighted by atomic mass is 79.9. The molecule has 0 atom stereocenters. The molecule has 5 heteroatoms. The minimum atomic E-state index is -0.391. The van der Waals surface area contributed by atoms with E-state index in [4.69, 9.17) is 21.3 Å². The molecule has 0 aliphatic rings. The maximum atomic E-state index is 12.9. The lowest BCUT2D eigenvalue weighted by molar-refractivity contribution is 0.0475. The summed E-state index contributed by atoms with van der Waals surface area (Å²) in [5.74, 6) is -0.391. The van der Waals surface area contributed by atoms with E-state index in [1.165, 1.54) is 0 Å². The lowest BCUT2D eigenvalue weighted by Crippen LogP contribution is -2.07. The highest BCUT2D eigenvalue weighted by molar-refractivity contribution is 9.10. The van der Waals surface area contributed by atoms with Crippen molar-refractivity contribution in [2.75, 3.05) is 0 Å². The van der Waals surface area contributed by atoms with Crippen LogP contribution < -0.4 is 0 Å². The van der Waals surface area contributed by atoms with Crippen LogP contribution in [0.25, 0.3) is 22.2 Å². The van der Waals surface area contributed by atoms with Crippen LogP contribution in [0.1, 0.15) is 15.9 Å². The number of benzene rings is 3. The first-order chi connectivity index (χ1) is 13.6. The Morgan fingerprint density at radius 2 is 1.71 bits per heavy atom. The number of halogens is 2. The summed E-state index contributed by atoms with van der Waals surface area (Å²) in [5, 5.41) is 1.39. The Morgan fingerprint density at radius 1 is 0.964 bits per heavy atom. The molecule has 0 saturated heterocycles. The number of carbonyl (C=O) groups is 1. The number of pyridine rings is 1. The zero-order valence-corrected chi connectivity index (χ0v) is 17.1. The van der Waals surface area contributed by atoms with Crippen molar-refractivity contribution in [3.63, 3.8) is 0 Å². The molecule has 138 valence electrons. The summed E-state index contributed by atoms with van der Waals surface area (Å²) in [5.41, 5.74) is 3.77. The van der Waals surface area contributed by atoms with Gasteiger partial charge < -0.3 is 4.74 Å². The van der Waals surface area contributed by atoms with Crippen LogP contribution in [-0.2, 0) is 11.3 Å². The third kappa shape index (κ3) is 4.08. The zero-order chi connectivity index (χ0) is 19.5. The number of ether oxygens (including phenoxy) is 1. The van der Waals surface area contributed by atoms with Crippen LogP contribution in [0.5, 0.6) is 0 Å². The summed E-state index contributed by atoms with van der Waals surface area (Å²) >= 11 is 9.38. The van der Waals surface area contributed by atoms with Crippen LogP contribution in [0.2, 0.25) is 5.02 Å². The van der Waals surface area contributed by atoms with Crippen molar-refractivity contribution in [1.29, 1.82) is 0 Å². The van der Waals surface area contributed by atoms with E-state index in [9.17, 15) is 4.79 Å². The predicted molar refractivity (Wildman–Crippen MR) is 115 cm³/mol. The molecule has 0 fully saturated rings. The SMILES string of the molecule is O=C(OCc1ccc(Cl)cc1)c1cc(-c2ccccc2)nc2ccc(Br)cc12. The molecule has 0 spiro atoms. The molecule has 0 bridgehead atoms. The van der Waals surface area contributed by atoms with Gasteiger partial charge in [-0.2, -0.15) is 0 Å². The first kappa shape index (κ1) is 18.7. The fourth-order valence-corrected chi connectivity index (χ4v) is 3.42. The largest absolute Gasteiger partial charge is 0.457 e. The second-order valence-corrected chi connectivity index (χ2v) is 7.64. The van der Waals surface area contributed by atoms with Gasteiger partial charge in [0, 0.05) is 20.4 Å². The molecule has 0 N–H and O–H groups in total. The summed E-state index contributed by atoms with van der Waals surface area (Å²) in [4.78, 5) is 17.6. The molecule has 4 rings (SSSR count). The van der Waals surface area contributed by atoms with Gasteiger partial charge in [-0.25, -0.2) is 9.78 Å². The predicted octanol–water partition coefficient (Wildman–Crippen LogP) is 6.67. The van der Waals surface area contributed by atoms with Crippen LogP contribution in [0.15, 0.2) is 83.3 Å². The van der Waals surface area contributed by atoms with Gasteiger partial charge in [-0.3, -0.25) is 0 Å². The van der Waals surface area contributed by atoms with Crippen molar-refractivity contribution in [3.8, 4) is 11.3 Å². The molecule has 28 heavy (non-hydrogen) atoms. The van der Waals surface area contributed by atoms with Gasteiger partial charge in [-0.05, 0) is 42.0 Å². The second-order valence-electron chi connectivity index (χ2n) is 6.29. The fraction of sp³-hybridized carbons (Fsp3) is 0.0435. The Bertz CT molecular complexity index is 1140. The van der Waals surface area contributed by atoms with E-state index in [1.807, 2.05) is 60.7 Å². The summed E-state index contributed by atoms with van der Waals surface area (Å²) in [6, 6.07) is 24.5. The van der Waals surface area contributed by atoms with Crippen LogP contribution in [0.4, 0.5) is 0 Å². The number of aromatic nitrogens is 1. The normalized spacial score (nSPS) is 10.8. The molecule has 0 radical (unpaired) electrons. The van der Waals surface area contributed by atoms with Gasteiger partial charge in [0.1, 0.15) is 6.61 Å². The Hall–Kier alpha value is -2.69. The Morgan fingerprint density at radius 3 is 2.46 bits per heavy atom. The maximum absolute atomic E-state index is 12.9. The topological polar surface area (TPSA) is 39.2 Å². The number of nitrogens with zero attached hydrogens (tertiary/aromatic N) is 1. The van der Waals surface area contributed by atoms with Crippen molar-refractivity contribution < 1.29 is 9.53 Å². The molecular weight excluding hydrogens is 438 g/mol. The van der Waals surface area contributed by atoms with Gasteiger partial charge in [0.15, 0.2) is 0 Å². The van der Waals surface area contributed by atoms with E-state index < -0.39 is 5.97 Å². The number of carbonyl (C=O) groups excluding carboxylic acids is 1. The number of hydrogen-bond acceptors (Lipinski definition) is 3. The zero-order valence-electron chi connectivity index (χ0n) is 14.7. The maximum Gasteiger partial charge on any atom is 0.339 e. The van der Waals surface area contributed by atoms with Crippen molar-refractivity contribution >= 4 is 44.4 Å². The standard InChI is InChI=1S/C23H15BrClNO2/c24-17-8-11-21-19(12-17)20(13-22(26-21)16-4-2-1-3-5-16)23(27)28-14-15-6-9-18(25)10-7-15/h1-13H,14H2. The Balaban J connectivity index is 1.72. The number of fused-ring (bicyclic) bond motifs is 1. The van der Waals surface area contributed by atoms with Crippen LogP contribution in [-0.4, -0.2) is 11.0 Å². The third-order valence-corrected chi connectivity index (χ3v) is 5.09. The molecule has 0 aliphatic heterocycles. The van der Waals surface area contributed by atoms with Crippen molar-refractivity contribution in [1.82, 2.24) is 4.98 Å². The third-order valence-electron chi connectivity index (χ3n) is 4.34. The van der Waals surface area contributed by atoms with Gasteiger partial charge in [0.2, 0.25) is 0 Å². The molecule has 3 nitrogen and oxygen atoms in total. The molecule has 3 aromatic carbocycles. The summed E-state index contributed by atoms with van der Waals surface area (Å²) < 4.78 is 6.44.